The van der Waals surface area contributed by atoms with Crippen LogP contribution in [0, 0.1) is 0 Å². The Hall–Kier alpha value is -2.49. The molecule has 2 aromatic carbocycles. The number of likely N-dealkylation sites (tertiary alicyclic amines) is 1. The summed E-state index contributed by atoms with van der Waals surface area (Å²) in [7, 11) is 1.75. The first kappa shape index (κ1) is 26.8. The second-order valence-electron chi connectivity index (χ2n) is 8.93. The van der Waals surface area contributed by atoms with Gasteiger partial charge in [0.2, 0.25) is 0 Å². The first-order valence-corrected chi connectivity index (χ1v) is 11.2. The Morgan fingerprint density at radius 2 is 1.73 bits per heavy atom. The number of carbonyl (C=O) groups is 1. The molecular weight excluding hydrogens is 529 g/mol. The van der Waals surface area contributed by atoms with Gasteiger partial charge in [0.25, 0.3) is 0 Å². The SMILES string of the molecule is CN=C(NCc1cccc(NC(=O)N2CCCC2)c1)NCc1ccccc1OC(C)(C)C.I. The number of para-hydroxylation sites is 1. The Balaban J connectivity index is 0.00000385. The van der Waals surface area contributed by atoms with Crippen molar-refractivity contribution in [2.24, 2.45) is 4.99 Å². The molecule has 0 radical (unpaired) electrons. The van der Waals surface area contributed by atoms with Gasteiger partial charge < -0.3 is 25.6 Å². The number of aliphatic imine (C=N–C) groups is 1. The number of hydrogen-bond donors (Lipinski definition) is 3. The van der Waals surface area contributed by atoms with E-state index < -0.39 is 0 Å². The standard InChI is InChI=1S/C25H35N5O2.HI/c1-25(2,3)32-22-13-6-5-11-20(22)18-28-23(26-4)27-17-19-10-9-12-21(16-19)29-24(31)30-14-7-8-15-30;/h5-6,9-13,16H,7-8,14-15,17-18H2,1-4H3,(H,29,31)(H2,26,27,28);1H. The number of anilines is 1. The third kappa shape index (κ3) is 8.75. The van der Waals surface area contributed by atoms with Gasteiger partial charge in [-0.1, -0.05) is 30.3 Å². The van der Waals surface area contributed by atoms with Crippen LogP contribution in [0.3, 0.4) is 0 Å². The molecule has 1 saturated heterocycles. The molecule has 0 aromatic heterocycles. The fourth-order valence-electron chi connectivity index (χ4n) is 3.55. The van der Waals surface area contributed by atoms with Gasteiger partial charge in [-0.2, -0.15) is 0 Å². The van der Waals surface area contributed by atoms with Crippen molar-refractivity contribution in [3.05, 3.63) is 59.7 Å². The van der Waals surface area contributed by atoms with Crippen molar-refractivity contribution in [1.82, 2.24) is 15.5 Å². The molecule has 0 spiro atoms. The number of nitrogens with zero attached hydrogens (tertiary/aromatic N) is 2. The fourth-order valence-corrected chi connectivity index (χ4v) is 3.55. The number of hydrogen-bond acceptors (Lipinski definition) is 3. The van der Waals surface area contributed by atoms with Crippen LogP contribution in [0.5, 0.6) is 5.75 Å². The van der Waals surface area contributed by atoms with E-state index in [1.807, 2.05) is 74.2 Å². The van der Waals surface area contributed by atoms with Crippen LogP contribution in [0.25, 0.3) is 0 Å². The zero-order valence-corrected chi connectivity index (χ0v) is 22.3. The van der Waals surface area contributed by atoms with E-state index >= 15 is 0 Å². The second-order valence-corrected chi connectivity index (χ2v) is 8.93. The lowest BCUT2D eigenvalue weighted by Gasteiger charge is -2.23. The summed E-state index contributed by atoms with van der Waals surface area (Å²) in [5.41, 5.74) is 2.67. The third-order valence-electron chi connectivity index (χ3n) is 5.09. The molecule has 3 N–H and O–H groups in total. The molecular formula is C25H36IN5O2. The minimum atomic E-state index is -0.259. The number of carbonyl (C=O) groups excluding carboxylic acids is 1. The summed E-state index contributed by atoms with van der Waals surface area (Å²) >= 11 is 0. The summed E-state index contributed by atoms with van der Waals surface area (Å²) in [5.74, 6) is 1.56. The quantitative estimate of drug-likeness (QED) is 0.263. The number of rotatable bonds is 6. The average molecular weight is 566 g/mol. The lowest BCUT2D eigenvalue weighted by Crippen LogP contribution is -2.36. The predicted octanol–water partition coefficient (Wildman–Crippen LogP) is 4.97. The summed E-state index contributed by atoms with van der Waals surface area (Å²) in [6.45, 7) is 8.97. The van der Waals surface area contributed by atoms with Crippen LogP contribution in [-0.2, 0) is 13.1 Å². The maximum atomic E-state index is 12.3. The highest BCUT2D eigenvalue weighted by Gasteiger charge is 2.18. The first-order valence-electron chi connectivity index (χ1n) is 11.2. The minimum absolute atomic E-state index is 0. The van der Waals surface area contributed by atoms with Crippen LogP contribution in [0.4, 0.5) is 10.5 Å². The number of halogens is 1. The maximum Gasteiger partial charge on any atom is 0.321 e. The number of guanidine groups is 1. The van der Waals surface area contributed by atoms with Gasteiger partial charge in [0.1, 0.15) is 11.4 Å². The Bertz CT molecular complexity index is 936. The summed E-state index contributed by atoms with van der Waals surface area (Å²) in [6, 6.07) is 15.9. The van der Waals surface area contributed by atoms with Crippen LogP contribution in [0.15, 0.2) is 53.5 Å². The van der Waals surface area contributed by atoms with Gasteiger partial charge in [0.05, 0.1) is 0 Å². The van der Waals surface area contributed by atoms with Gasteiger partial charge in [0.15, 0.2) is 5.96 Å². The smallest absolute Gasteiger partial charge is 0.321 e. The van der Waals surface area contributed by atoms with Crippen molar-refractivity contribution in [2.75, 3.05) is 25.5 Å². The van der Waals surface area contributed by atoms with Gasteiger partial charge in [0, 0.05) is 44.5 Å². The average Bonchev–Trinajstić information content (AvgIpc) is 3.29. The van der Waals surface area contributed by atoms with E-state index in [2.05, 4.69) is 20.9 Å². The monoisotopic (exact) mass is 565 g/mol. The van der Waals surface area contributed by atoms with Crippen molar-refractivity contribution in [3.63, 3.8) is 0 Å². The highest BCUT2D eigenvalue weighted by Crippen LogP contribution is 2.22. The molecule has 1 aliphatic rings. The lowest BCUT2D eigenvalue weighted by atomic mass is 10.1. The zero-order valence-electron chi connectivity index (χ0n) is 20.0. The molecule has 8 heteroatoms. The molecule has 3 rings (SSSR count). The Morgan fingerprint density at radius 3 is 2.42 bits per heavy atom. The van der Waals surface area contributed by atoms with E-state index in [1.165, 1.54) is 0 Å². The highest BCUT2D eigenvalue weighted by atomic mass is 127. The molecule has 180 valence electrons. The van der Waals surface area contributed by atoms with Crippen molar-refractivity contribution >= 4 is 41.7 Å². The molecule has 2 aromatic rings. The van der Waals surface area contributed by atoms with Gasteiger partial charge >= 0.3 is 6.03 Å². The third-order valence-corrected chi connectivity index (χ3v) is 5.09. The van der Waals surface area contributed by atoms with E-state index in [4.69, 9.17) is 4.74 Å². The number of urea groups is 1. The molecule has 1 aliphatic heterocycles. The second kappa shape index (κ2) is 12.7. The Morgan fingerprint density at radius 1 is 1.03 bits per heavy atom. The largest absolute Gasteiger partial charge is 0.488 e. The molecule has 1 fully saturated rings. The summed E-state index contributed by atoms with van der Waals surface area (Å²) in [6.07, 6.45) is 2.16. The number of nitrogens with one attached hydrogen (secondary N) is 3. The Labute approximate surface area is 214 Å². The van der Waals surface area contributed by atoms with Crippen LogP contribution >= 0.6 is 24.0 Å². The van der Waals surface area contributed by atoms with Crippen LogP contribution < -0.4 is 20.7 Å². The lowest BCUT2D eigenvalue weighted by molar-refractivity contribution is 0.129. The van der Waals surface area contributed by atoms with Crippen LogP contribution in [0.1, 0.15) is 44.7 Å². The van der Waals surface area contributed by atoms with Crippen molar-refractivity contribution in [2.45, 2.75) is 52.3 Å². The van der Waals surface area contributed by atoms with E-state index in [0.29, 0.717) is 19.0 Å². The van der Waals surface area contributed by atoms with Gasteiger partial charge in [-0.25, -0.2) is 4.79 Å². The van der Waals surface area contributed by atoms with Crippen molar-refractivity contribution < 1.29 is 9.53 Å². The van der Waals surface area contributed by atoms with E-state index in [1.54, 1.807) is 7.05 Å². The van der Waals surface area contributed by atoms with E-state index in [0.717, 1.165) is 48.5 Å². The predicted molar refractivity (Wildman–Crippen MR) is 146 cm³/mol. The topological polar surface area (TPSA) is 78.0 Å². The fraction of sp³-hybridized carbons (Fsp3) is 0.440. The van der Waals surface area contributed by atoms with Gasteiger partial charge in [-0.15, -0.1) is 24.0 Å². The molecule has 7 nitrogen and oxygen atoms in total. The zero-order chi connectivity index (χ0) is 23.0. The van der Waals surface area contributed by atoms with Crippen molar-refractivity contribution in [3.8, 4) is 5.75 Å². The summed E-state index contributed by atoms with van der Waals surface area (Å²) in [4.78, 5) is 18.5. The van der Waals surface area contributed by atoms with Gasteiger partial charge in [-0.3, -0.25) is 4.99 Å². The van der Waals surface area contributed by atoms with Crippen molar-refractivity contribution in [1.29, 1.82) is 0 Å². The number of amides is 2. The maximum absolute atomic E-state index is 12.3. The molecule has 0 atom stereocenters. The van der Waals surface area contributed by atoms with E-state index in [-0.39, 0.29) is 35.6 Å². The molecule has 0 aliphatic carbocycles. The summed E-state index contributed by atoms with van der Waals surface area (Å²) < 4.78 is 6.07. The van der Waals surface area contributed by atoms with Gasteiger partial charge in [-0.05, 0) is 57.4 Å². The molecule has 2 amide bonds. The highest BCUT2D eigenvalue weighted by molar-refractivity contribution is 14.0. The molecule has 1 heterocycles. The Kier molecular flexibility index (Phi) is 10.3. The molecule has 0 bridgehead atoms. The normalized spacial score (nSPS) is 13.8. The van der Waals surface area contributed by atoms with Crippen LogP contribution in [-0.4, -0.2) is 42.6 Å². The molecule has 0 saturated carbocycles. The summed E-state index contributed by atoms with van der Waals surface area (Å²) in [5, 5.41) is 9.68. The number of ether oxygens (including phenoxy) is 1. The van der Waals surface area contributed by atoms with Crippen LogP contribution in [0.2, 0.25) is 0 Å². The number of benzene rings is 2. The first-order chi connectivity index (χ1) is 15.3. The van der Waals surface area contributed by atoms with E-state index in [9.17, 15) is 4.79 Å². The molecule has 0 unspecified atom stereocenters. The molecule has 33 heavy (non-hydrogen) atoms. The minimum Gasteiger partial charge on any atom is -0.488 e.